The molecule has 0 radical (unpaired) electrons. The number of hydrogen-bond donors (Lipinski definition) is 2. The third-order valence-corrected chi connectivity index (χ3v) is 5.39. The molecule has 1 aromatic carbocycles. The van der Waals surface area contributed by atoms with Gasteiger partial charge >= 0.3 is 12.1 Å². The van der Waals surface area contributed by atoms with Gasteiger partial charge in [-0.05, 0) is 24.1 Å². The minimum absolute atomic E-state index is 0.0106. The van der Waals surface area contributed by atoms with Crippen molar-refractivity contribution >= 4 is 29.6 Å². The van der Waals surface area contributed by atoms with Gasteiger partial charge in [0, 0.05) is 50.4 Å². The van der Waals surface area contributed by atoms with Crippen molar-refractivity contribution in [3.63, 3.8) is 0 Å². The minimum atomic E-state index is -0.936. The Balaban J connectivity index is 1.73. The van der Waals surface area contributed by atoms with Crippen molar-refractivity contribution in [3.05, 3.63) is 29.3 Å². The Morgan fingerprint density at radius 2 is 1.90 bits per heavy atom. The average molecular weight is 404 g/mol. The zero-order valence-corrected chi connectivity index (χ0v) is 16.2. The molecule has 0 bridgehead atoms. The van der Waals surface area contributed by atoms with Crippen LogP contribution in [0.25, 0.3) is 0 Å². The van der Waals surface area contributed by atoms with Crippen LogP contribution in [-0.4, -0.2) is 78.1 Å². The van der Waals surface area contributed by atoms with E-state index in [0.29, 0.717) is 31.7 Å². The van der Waals surface area contributed by atoms with E-state index in [1.807, 2.05) is 17.0 Å². The van der Waals surface area contributed by atoms with E-state index >= 15 is 0 Å². The molecule has 1 aromatic rings. The number of rotatable bonds is 6. The quantitative estimate of drug-likeness (QED) is 0.649. The van der Waals surface area contributed by atoms with Gasteiger partial charge in [-0.15, -0.1) is 0 Å². The lowest BCUT2D eigenvalue weighted by Crippen LogP contribution is -2.48. The number of methoxy groups -OCH3 is 1. The zero-order valence-electron chi connectivity index (χ0n) is 16.2. The lowest BCUT2D eigenvalue weighted by Gasteiger charge is -2.34. The van der Waals surface area contributed by atoms with E-state index in [1.165, 1.54) is 16.9 Å². The molecule has 29 heavy (non-hydrogen) atoms. The highest BCUT2D eigenvalue weighted by Gasteiger charge is 2.36. The molecule has 0 saturated carbocycles. The van der Waals surface area contributed by atoms with Crippen LogP contribution in [0.1, 0.15) is 28.8 Å². The molecule has 1 fully saturated rings. The number of nitrogens with two attached hydrogens (primary N) is 1. The van der Waals surface area contributed by atoms with E-state index in [1.54, 1.807) is 6.07 Å². The largest absolute Gasteiger partial charge is 0.469 e. The smallest absolute Gasteiger partial charge is 0.407 e. The Hall–Kier alpha value is -3.30. The fraction of sp³-hybridized carbons (Fsp3) is 0.474. The van der Waals surface area contributed by atoms with Crippen LogP contribution in [0.3, 0.4) is 0 Å². The highest BCUT2D eigenvalue weighted by Crippen LogP contribution is 2.30. The number of primary amides is 1. The van der Waals surface area contributed by atoms with Crippen LogP contribution in [0, 0.1) is 0 Å². The molecule has 156 valence electrons. The number of nitrogens with zero attached hydrogens (tertiary/aromatic N) is 3. The molecule has 10 heteroatoms. The number of fused-ring (bicyclic) bond motifs is 1. The summed E-state index contributed by atoms with van der Waals surface area (Å²) in [6.45, 7) is 2.10. The van der Waals surface area contributed by atoms with Gasteiger partial charge in [0.25, 0.3) is 5.91 Å². The number of carbonyl (C=O) groups excluding carboxylic acids is 3. The van der Waals surface area contributed by atoms with Crippen LogP contribution in [0.4, 0.5) is 10.5 Å². The average Bonchev–Trinajstić information content (AvgIpc) is 3.03. The third-order valence-electron chi connectivity index (χ3n) is 5.39. The molecule has 1 saturated heterocycles. The standard InChI is InChI=1S/C19H24N4O6/c1-29-16(24)5-4-15(17(20)25)23-11-12-2-3-13(10-14(12)18(23)26)21-6-8-22(9-7-21)19(27)28/h2-3,10,15H,4-9,11H2,1H3,(H2,20,25)(H,27,28). The maximum Gasteiger partial charge on any atom is 0.407 e. The highest BCUT2D eigenvalue weighted by molar-refractivity contribution is 6.01. The Morgan fingerprint density at radius 1 is 1.21 bits per heavy atom. The first-order valence-corrected chi connectivity index (χ1v) is 9.34. The van der Waals surface area contributed by atoms with Crippen molar-refractivity contribution in [2.75, 3.05) is 38.2 Å². The topological polar surface area (TPSA) is 133 Å². The monoisotopic (exact) mass is 404 g/mol. The van der Waals surface area contributed by atoms with Gasteiger partial charge in [0.15, 0.2) is 0 Å². The molecule has 0 aliphatic carbocycles. The molecule has 3 rings (SSSR count). The number of esters is 1. The maximum absolute atomic E-state index is 12.9. The van der Waals surface area contributed by atoms with E-state index in [-0.39, 0.29) is 25.3 Å². The van der Waals surface area contributed by atoms with Gasteiger partial charge < -0.3 is 30.3 Å². The number of carbonyl (C=O) groups is 4. The third kappa shape index (κ3) is 4.25. The molecule has 1 atom stereocenters. The molecule has 0 spiro atoms. The Labute approximate surface area is 167 Å². The summed E-state index contributed by atoms with van der Waals surface area (Å²) >= 11 is 0. The first-order valence-electron chi connectivity index (χ1n) is 9.34. The molecule has 3 N–H and O–H groups in total. The number of amides is 3. The van der Waals surface area contributed by atoms with Crippen LogP contribution in [0.2, 0.25) is 0 Å². The molecule has 2 aliphatic heterocycles. The summed E-state index contributed by atoms with van der Waals surface area (Å²) in [5.74, 6) is -1.44. The molecule has 2 heterocycles. The van der Waals surface area contributed by atoms with Crippen LogP contribution in [0.5, 0.6) is 0 Å². The van der Waals surface area contributed by atoms with Gasteiger partial charge in [0.2, 0.25) is 5.91 Å². The van der Waals surface area contributed by atoms with Crippen molar-refractivity contribution in [3.8, 4) is 0 Å². The Morgan fingerprint density at radius 3 is 2.48 bits per heavy atom. The predicted octanol–water partition coefficient (Wildman–Crippen LogP) is 0.250. The predicted molar refractivity (Wildman–Crippen MR) is 102 cm³/mol. The zero-order chi connectivity index (χ0) is 21.1. The van der Waals surface area contributed by atoms with Gasteiger partial charge in [-0.25, -0.2) is 4.79 Å². The number of carboxylic acid groups (broad SMARTS) is 1. The minimum Gasteiger partial charge on any atom is -0.469 e. The van der Waals surface area contributed by atoms with Crippen molar-refractivity contribution in [1.82, 2.24) is 9.80 Å². The molecule has 10 nitrogen and oxygen atoms in total. The summed E-state index contributed by atoms with van der Waals surface area (Å²) in [5, 5.41) is 9.07. The lowest BCUT2D eigenvalue weighted by atomic mass is 10.1. The van der Waals surface area contributed by atoms with E-state index in [2.05, 4.69) is 4.74 Å². The summed E-state index contributed by atoms with van der Waals surface area (Å²) < 4.78 is 4.60. The lowest BCUT2D eigenvalue weighted by molar-refractivity contribution is -0.141. The van der Waals surface area contributed by atoms with Crippen LogP contribution in [0.15, 0.2) is 18.2 Å². The molecule has 0 aromatic heterocycles. The maximum atomic E-state index is 12.9. The van der Waals surface area contributed by atoms with Crippen molar-refractivity contribution < 1.29 is 29.0 Å². The number of benzene rings is 1. The fourth-order valence-corrected chi connectivity index (χ4v) is 3.72. The summed E-state index contributed by atoms with van der Waals surface area (Å²) in [4.78, 5) is 52.1. The molecular weight excluding hydrogens is 380 g/mol. The Bertz CT molecular complexity index is 834. The second kappa shape index (κ2) is 8.38. The second-order valence-corrected chi connectivity index (χ2v) is 7.06. The van der Waals surface area contributed by atoms with Crippen LogP contribution in [-0.2, 0) is 20.9 Å². The van der Waals surface area contributed by atoms with Crippen LogP contribution < -0.4 is 10.6 Å². The molecule has 2 aliphatic rings. The fourth-order valence-electron chi connectivity index (χ4n) is 3.72. The van der Waals surface area contributed by atoms with Gasteiger partial charge in [0.05, 0.1) is 7.11 Å². The van der Waals surface area contributed by atoms with E-state index in [4.69, 9.17) is 10.8 Å². The number of ether oxygens (including phenoxy) is 1. The van der Waals surface area contributed by atoms with Crippen LogP contribution >= 0.6 is 0 Å². The number of anilines is 1. The second-order valence-electron chi connectivity index (χ2n) is 7.06. The van der Waals surface area contributed by atoms with Gasteiger partial charge in [0.1, 0.15) is 6.04 Å². The molecular formula is C19H24N4O6. The molecule has 1 unspecified atom stereocenters. The first-order chi connectivity index (χ1) is 13.8. The van der Waals surface area contributed by atoms with Gasteiger partial charge in [-0.3, -0.25) is 14.4 Å². The highest BCUT2D eigenvalue weighted by atomic mass is 16.5. The van der Waals surface area contributed by atoms with Crippen molar-refractivity contribution in [2.24, 2.45) is 5.73 Å². The summed E-state index contributed by atoms with van der Waals surface area (Å²) in [6.07, 6.45) is -0.844. The van der Waals surface area contributed by atoms with Gasteiger partial charge in [-0.1, -0.05) is 6.07 Å². The van der Waals surface area contributed by atoms with E-state index in [0.717, 1.165) is 11.3 Å². The summed E-state index contributed by atoms with van der Waals surface area (Å²) in [7, 11) is 1.26. The SMILES string of the molecule is COC(=O)CCC(C(N)=O)N1Cc2ccc(N3CCN(C(=O)O)CC3)cc2C1=O. The number of hydrogen-bond acceptors (Lipinski definition) is 6. The summed E-state index contributed by atoms with van der Waals surface area (Å²) in [5.41, 5.74) is 7.59. The summed E-state index contributed by atoms with van der Waals surface area (Å²) in [6, 6.07) is 4.60. The first kappa shape index (κ1) is 20.4. The molecule has 3 amide bonds. The van der Waals surface area contributed by atoms with E-state index in [9.17, 15) is 19.2 Å². The number of piperazine rings is 1. The van der Waals surface area contributed by atoms with Crippen molar-refractivity contribution in [2.45, 2.75) is 25.4 Å². The van der Waals surface area contributed by atoms with Gasteiger partial charge in [-0.2, -0.15) is 0 Å². The Kier molecular flexibility index (Phi) is 5.90. The van der Waals surface area contributed by atoms with E-state index < -0.39 is 24.0 Å². The normalized spacial score (nSPS) is 17.1. The van der Waals surface area contributed by atoms with Crippen molar-refractivity contribution in [1.29, 1.82) is 0 Å².